The lowest BCUT2D eigenvalue weighted by molar-refractivity contribution is -0.135. The number of nitrogens with zero attached hydrogens (tertiary/aromatic N) is 2. The smallest absolute Gasteiger partial charge is 0.223 e. The number of rotatable bonds is 0. The lowest BCUT2D eigenvalue weighted by Gasteiger charge is -2.47. The van der Waals surface area contributed by atoms with E-state index in [-0.39, 0.29) is 0 Å². The molecule has 1 aromatic carbocycles. The fraction of sp³-hybridized carbons (Fsp3) is 0.471. The van der Waals surface area contributed by atoms with Crippen LogP contribution in [0.5, 0.6) is 0 Å². The standard InChI is InChI=1S/C17H19N3O/c21-16-6-5-15-19-9-7-12-11-3-1-2-4-13(11)18-17(12)14(19)8-10-20(15)16/h1-4,14-15,18H,5-10H2/t14-,15+/m0/s1. The van der Waals surface area contributed by atoms with E-state index < -0.39 is 0 Å². The molecule has 3 aliphatic rings. The molecular weight excluding hydrogens is 262 g/mol. The highest BCUT2D eigenvalue weighted by molar-refractivity contribution is 5.85. The van der Waals surface area contributed by atoms with Crippen molar-refractivity contribution >= 4 is 16.8 Å². The molecule has 4 heterocycles. The summed E-state index contributed by atoms with van der Waals surface area (Å²) < 4.78 is 0. The molecule has 0 unspecified atom stereocenters. The van der Waals surface area contributed by atoms with E-state index in [1.54, 1.807) is 0 Å². The van der Waals surface area contributed by atoms with Gasteiger partial charge in [0, 0.05) is 36.1 Å². The molecule has 108 valence electrons. The molecule has 1 aromatic heterocycles. The number of carbonyl (C=O) groups excluding carboxylic acids is 1. The first-order valence-corrected chi connectivity index (χ1v) is 7.97. The van der Waals surface area contributed by atoms with Crippen LogP contribution in [0.4, 0.5) is 0 Å². The van der Waals surface area contributed by atoms with Crippen molar-refractivity contribution in [3.63, 3.8) is 0 Å². The first-order chi connectivity index (χ1) is 10.3. The van der Waals surface area contributed by atoms with Gasteiger partial charge in [-0.15, -0.1) is 0 Å². The van der Waals surface area contributed by atoms with Crippen molar-refractivity contribution in [2.45, 2.75) is 37.9 Å². The normalized spacial score (nSPS) is 28.6. The van der Waals surface area contributed by atoms with E-state index in [0.29, 0.717) is 18.1 Å². The largest absolute Gasteiger partial charge is 0.357 e. The van der Waals surface area contributed by atoms with Gasteiger partial charge in [-0.1, -0.05) is 18.2 Å². The molecule has 21 heavy (non-hydrogen) atoms. The SMILES string of the molecule is O=C1CC[C@H]2N1CC[C@H]1c3[nH]c4ccccc4c3CCN12. The van der Waals surface area contributed by atoms with E-state index >= 15 is 0 Å². The molecule has 5 rings (SSSR count). The molecule has 0 saturated carbocycles. The fourth-order valence-electron chi connectivity index (χ4n) is 4.60. The van der Waals surface area contributed by atoms with Crippen LogP contribution in [-0.2, 0) is 11.2 Å². The molecular formula is C17H19N3O. The van der Waals surface area contributed by atoms with Crippen LogP contribution >= 0.6 is 0 Å². The third-order valence-corrected chi connectivity index (χ3v) is 5.52. The number of hydrogen-bond acceptors (Lipinski definition) is 2. The molecule has 3 aliphatic heterocycles. The van der Waals surface area contributed by atoms with Crippen molar-refractivity contribution in [1.82, 2.24) is 14.8 Å². The summed E-state index contributed by atoms with van der Waals surface area (Å²) in [7, 11) is 0. The number of aromatic nitrogens is 1. The van der Waals surface area contributed by atoms with Gasteiger partial charge in [0.25, 0.3) is 0 Å². The zero-order chi connectivity index (χ0) is 14.0. The number of aromatic amines is 1. The first-order valence-electron chi connectivity index (χ1n) is 7.97. The van der Waals surface area contributed by atoms with Gasteiger partial charge in [0.05, 0.1) is 12.2 Å². The average molecular weight is 281 g/mol. The van der Waals surface area contributed by atoms with Crippen molar-refractivity contribution in [2.24, 2.45) is 0 Å². The van der Waals surface area contributed by atoms with Gasteiger partial charge >= 0.3 is 0 Å². The number of H-pyrrole nitrogens is 1. The van der Waals surface area contributed by atoms with Gasteiger partial charge in [-0.05, 0) is 30.9 Å². The van der Waals surface area contributed by atoms with Crippen molar-refractivity contribution in [1.29, 1.82) is 0 Å². The van der Waals surface area contributed by atoms with Gasteiger partial charge < -0.3 is 9.88 Å². The molecule has 2 atom stereocenters. The van der Waals surface area contributed by atoms with Gasteiger partial charge in [0.15, 0.2) is 0 Å². The number of para-hydroxylation sites is 1. The molecule has 1 N–H and O–H groups in total. The monoisotopic (exact) mass is 281 g/mol. The third-order valence-electron chi connectivity index (χ3n) is 5.52. The summed E-state index contributed by atoms with van der Waals surface area (Å²) in [4.78, 5) is 20.3. The number of benzene rings is 1. The Hall–Kier alpha value is -1.81. The molecule has 0 bridgehead atoms. The van der Waals surface area contributed by atoms with Crippen LogP contribution in [0.25, 0.3) is 10.9 Å². The van der Waals surface area contributed by atoms with Gasteiger partial charge in [0.2, 0.25) is 5.91 Å². The maximum absolute atomic E-state index is 12.0. The van der Waals surface area contributed by atoms with E-state index in [4.69, 9.17) is 0 Å². The Morgan fingerprint density at radius 2 is 2.00 bits per heavy atom. The summed E-state index contributed by atoms with van der Waals surface area (Å²) in [5.74, 6) is 0.348. The molecule has 0 spiro atoms. The van der Waals surface area contributed by atoms with Gasteiger partial charge in [-0.3, -0.25) is 9.69 Å². The van der Waals surface area contributed by atoms with Gasteiger partial charge in [-0.25, -0.2) is 0 Å². The summed E-state index contributed by atoms with van der Waals surface area (Å²) in [6, 6.07) is 9.09. The maximum atomic E-state index is 12.0. The topological polar surface area (TPSA) is 39.3 Å². The van der Waals surface area contributed by atoms with E-state index in [1.807, 2.05) is 0 Å². The van der Waals surface area contributed by atoms with Crippen molar-refractivity contribution < 1.29 is 4.79 Å². The maximum Gasteiger partial charge on any atom is 0.223 e. The second kappa shape index (κ2) is 4.10. The predicted octanol–water partition coefficient (Wildman–Crippen LogP) is 2.42. The first kappa shape index (κ1) is 11.8. The van der Waals surface area contributed by atoms with E-state index in [9.17, 15) is 4.79 Å². The summed E-state index contributed by atoms with van der Waals surface area (Å²) in [5.41, 5.74) is 4.17. The number of amides is 1. The fourth-order valence-corrected chi connectivity index (χ4v) is 4.60. The summed E-state index contributed by atoms with van der Waals surface area (Å²) in [6.45, 7) is 1.99. The molecule has 2 fully saturated rings. The average Bonchev–Trinajstić information content (AvgIpc) is 3.08. The van der Waals surface area contributed by atoms with Crippen LogP contribution < -0.4 is 0 Å². The van der Waals surface area contributed by atoms with Gasteiger partial charge in [0.1, 0.15) is 0 Å². The van der Waals surface area contributed by atoms with Crippen molar-refractivity contribution in [3.8, 4) is 0 Å². The zero-order valence-corrected chi connectivity index (χ0v) is 12.0. The van der Waals surface area contributed by atoms with Crippen LogP contribution in [0.15, 0.2) is 24.3 Å². The highest BCUT2D eigenvalue weighted by atomic mass is 16.2. The summed E-state index contributed by atoms with van der Waals surface area (Å²) in [5, 5.41) is 1.39. The number of nitrogens with one attached hydrogen (secondary N) is 1. The van der Waals surface area contributed by atoms with Crippen LogP contribution in [0.2, 0.25) is 0 Å². The molecule has 2 saturated heterocycles. The molecule has 0 aliphatic carbocycles. The second-order valence-corrected chi connectivity index (χ2v) is 6.46. The minimum Gasteiger partial charge on any atom is -0.357 e. The Morgan fingerprint density at radius 1 is 1.10 bits per heavy atom. The minimum atomic E-state index is 0.343. The number of fused-ring (bicyclic) bond motifs is 7. The molecule has 1 amide bonds. The second-order valence-electron chi connectivity index (χ2n) is 6.46. The van der Waals surface area contributed by atoms with Crippen molar-refractivity contribution in [3.05, 3.63) is 35.5 Å². The Morgan fingerprint density at radius 3 is 2.95 bits per heavy atom. The molecule has 4 heteroatoms. The number of hydrogen-bond donors (Lipinski definition) is 1. The lowest BCUT2D eigenvalue weighted by Crippen LogP contribution is -2.54. The van der Waals surface area contributed by atoms with Crippen LogP contribution in [0, 0.1) is 0 Å². The van der Waals surface area contributed by atoms with Crippen molar-refractivity contribution in [2.75, 3.05) is 13.1 Å². The lowest BCUT2D eigenvalue weighted by atomic mass is 9.92. The van der Waals surface area contributed by atoms with E-state index in [2.05, 4.69) is 39.0 Å². The Bertz CT molecular complexity index is 735. The summed E-state index contributed by atoms with van der Waals surface area (Å²) >= 11 is 0. The quantitative estimate of drug-likeness (QED) is 0.805. The van der Waals surface area contributed by atoms with Crippen LogP contribution in [0.1, 0.15) is 36.6 Å². The molecule has 0 radical (unpaired) electrons. The molecule has 2 aromatic rings. The highest BCUT2D eigenvalue weighted by Crippen LogP contribution is 2.42. The Balaban J connectivity index is 1.60. The van der Waals surface area contributed by atoms with Crippen LogP contribution in [0.3, 0.4) is 0 Å². The minimum absolute atomic E-state index is 0.343. The van der Waals surface area contributed by atoms with Gasteiger partial charge in [-0.2, -0.15) is 0 Å². The zero-order valence-electron chi connectivity index (χ0n) is 12.0. The Kier molecular flexibility index (Phi) is 2.31. The third kappa shape index (κ3) is 1.51. The van der Waals surface area contributed by atoms with E-state index in [1.165, 1.54) is 22.2 Å². The Labute approximate surface area is 123 Å². The summed E-state index contributed by atoms with van der Waals surface area (Å²) in [6.07, 6.45) is 4.23. The molecule has 4 nitrogen and oxygen atoms in total. The predicted molar refractivity (Wildman–Crippen MR) is 80.8 cm³/mol. The van der Waals surface area contributed by atoms with Crippen LogP contribution in [-0.4, -0.2) is 39.9 Å². The van der Waals surface area contributed by atoms with E-state index in [0.717, 1.165) is 38.8 Å². The highest BCUT2D eigenvalue weighted by Gasteiger charge is 2.44. The number of carbonyl (C=O) groups is 1.